The monoisotopic (exact) mass is 351 g/mol. The van der Waals surface area contributed by atoms with Gasteiger partial charge in [-0.1, -0.05) is 19.2 Å². The van der Waals surface area contributed by atoms with Crippen molar-refractivity contribution in [2.75, 3.05) is 19.8 Å². The Hall–Kier alpha value is -2.44. The maximum atomic E-state index is 12.6. The van der Waals surface area contributed by atoms with E-state index in [1.54, 1.807) is 0 Å². The summed E-state index contributed by atoms with van der Waals surface area (Å²) in [5, 5.41) is 0. The molecule has 25 heavy (non-hydrogen) atoms. The molecule has 1 saturated heterocycles. The molecule has 0 N–H and O–H groups in total. The Morgan fingerprint density at radius 2 is 1.84 bits per heavy atom. The third kappa shape index (κ3) is 5.55. The summed E-state index contributed by atoms with van der Waals surface area (Å²) in [6, 6.07) is -0.781. The number of nitrogens with zero attached hydrogens (tertiary/aromatic N) is 1. The highest BCUT2D eigenvalue weighted by Gasteiger charge is 2.41. The maximum absolute atomic E-state index is 12.6. The third-order valence-corrected chi connectivity index (χ3v) is 3.93. The summed E-state index contributed by atoms with van der Waals surface area (Å²) in [7, 11) is 0. The van der Waals surface area contributed by atoms with Gasteiger partial charge in [-0.3, -0.25) is 9.59 Å². The molecule has 138 valence electrons. The van der Waals surface area contributed by atoms with Crippen molar-refractivity contribution in [3.63, 3.8) is 0 Å². The minimum atomic E-state index is -1.21. The first-order chi connectivity index (χ1) is 11.7. The van der Waals surface area contributed by atoms with Crippen LogP contribution in [-0.2, 0) is 28.7 Å². The molecule has 1 amide bonds. The van der Waals surface area contributed by atoms with Gasteiger partial charge in [-0.2, -0.15) is 0 Å². The molecule has 0 aromatic carbocycles. The predicted molar refractivity (Wildman–Crippen MR) is 90.5 cm³/mol. The molecule has 0 saturated carbocycles. The molecule has 1 rings (SSSR count). The van der Waals surface area contributed by atoms with E-state index in [1.807, 2.05) is 0 Å². The fourth-order valence-electron chi connectivity index (χ4n) is 2.45. The zero-order chi connectivity index (χ0) is 19.0. The fourth-order valence-corrected chi connectivity index (χ4v) is 2.45. The molecule has 1 fully saturated rings. The highest BCUT2D eigenvalue weighted by molar-refractivity contribution is 6.38. The first kappa shape index (κ1) is 20.6. The summed E-state index contributed by atoms with van der Waals surface area (Å²) in [5.41, 5.74) is -1.21. The van der Waals surface area contributed by atoms with Gasteiger partial charge in [0.15, 0.2) is 0 Å². The standard InChI is InChI=1S/C18H25NO6/c1-5-11-24-17(23)13-9-7-8-10-19(13)16(22)15(21)18(3,4)12-25-14(20)6-2/h5-6,13H,1-2,7-12H2,3-4H3. The van der Waals surface area contributed by atoms with E-state index >= 15 is 0 Å². The van der Waals surface area contributed by atoms with Crippen LogP contribution in [-0.4, -0.2) is 54.3 Å². The van der Waals surface area contributed by atoms with E-state index in [0.29, 0.717) is 19.4 Å². The average molecular weight is 351 g/mol. The van der Waals surface area contributed by atoms with Crippen LogP contribution in [0.5, 0.6) is 0 Å². The van der Waals surface area contributed by atoms with Crippen molar-refractivity contribution in [1.82, 2.24) is 4.90 Å². The van der Waals surface area contributed by atoms with Gasteiger partial charge in [-0.05, 0) is 33.1 Å². The number of ether oxygens (including phenoxy) is 2. The Morgan fingerprint density at radius 1 is 1.16 bits per heavy atom. The van der Waals surface area contributed by atoms with E-state index in [9.17, 15) is 19.2 Å². The molecular weight excluding hydrogens is 326 g/mol. The lowest BCUT2D eigenvalue weighted by Crippen LogP contribution is -2.53. The Bertz CT molecular complexity index is 566. The minimum Gasteiger partial charge on any atom is -0.461 e. The summed E-state index contributed by atoms with van der Waals surface area (Å²) in [5.74, 6) is -2.69. The van der Waals surface area contributed by atoms with Crippen molar-refractivity contribution in [2.45, 2.75) is 39.2 Å². The quantitative estimate of drug-likeness (QED) is 0.284. The molecule has 7 nitrogen and oxygen atoms in total. The molecule has 1 heterocycles. The van der Waals surface area contributed by atoms with Gasteiger partial charge in [0.2, 0.25) is 5.78 Å². The zero-order valence-electron chi connectivity index (χ0n) is 14.8. The Morgan fingerprint density at radius 3 is 2.44 bits per heavy atom. The number of likely N-dealkylation sites (tertiary alicyclic amines) is 1. The summed E-state index contributed by atoms with van der Waals surface area (Å²) < 4.78 is 9.92. The third-order valence-electron chi connectivity index (χ3n) is 3.93. The molecule has 1 aliphatic heterocycles. The molecule has 0 aliphatic carbocycles. The minimum absolute atomic E-state index is 0.0499. The number of rotatable bonds is 8. The molecule has 0 spiro atoms. The van der Waals surface area contributed by atoms with Gasteiger partial charge in [0, 0.05) is 12.6 Å². The number of hydrogen-bond acceptors (Lipinski definition) is 6. The number of ketones is 1. The van der Waals surface area contributed by atoms with E-state index in [2.05, 4.69) is 13.2 Å². The highest BCUT2D eigenvalue weighted by atomic mass is 16.5. The first-order valence-corrected chi connectivity index (χ1v) is 8.16. The maximum Gasteiger partial charge on any atom is 0.330 e. The molecule has 1 atom stereocenters. The largest absolute Gasteiger partial charge is 0.461 e. The number of amides is 1. The van der Waals surface area contributed by atoms with Crippen LogP contribution in [0.25, 0.3) is 0 Å². The summed E-state index contributed by atoms with van der Waals surface area (Å²) >= 11 is 0. The SMILES string of the molecule is C=CCOC(=O)C1CCCCN1C(=O)C(=O)C(C)(C)COC(=O)C=C. The molecule has 0 radical (unpaired) electrons. The Labute approximate surface area is 147 Å². The summed E-state index contributed by atoms with van der Waals surface area (Å²) in [4.78, 5) is 49.8. The molecule has 0 aromatic rings. The van der Waals surface area contributed by atoms with Crippen LogP contribution < -0.4 is 0 Å². The van der Waals surface area contributed by atoms with Gasteiger partial charge in [0.25, 0.3) is 5.91 Å². The smallest absolute Gasteiger partial charge is 0.330 e. The lowest BCUT2D eigenvalue weighted by molar-refractivity contribution is -0.161. The molecule has 0 bridgehead atoms. The van der Waals surface area contributed by atoms with Crippen molar-refractivity contribution >= 4 is 23.6 Å². The lowest BCUT2D eigenvalue weighted by Gasteiger charge is -2.35. The van der Waals surface area contributed by atoms with Crippen molar-refractivity contribution in [2.24, 2.45) is 5.41 Å². The van der Waals surface area contributed by atoms with E-state index in [1.165, 1.54) is 24.8 Å². The van der Waals surface area contributed by atoms with Crippen molar-refractivity contribution < 1.29 is 28.7 Å². The molecular formula is C18H25NO6. The molecule has 1 unspecified atom stereocenters. The average Bonchev–Trinajstić information content (AvgIpc) is 2.62. The van der Waals surface area contributed by atoms with Crippen LogP contribution in [0.15, 0.2) is 25.3 Å². The second kappa shape index (κ2) is 9.15. The van der Waals surface area contributed by atoms with Crippen LogP contribution in [0.3, 0.4) is 0 Å². The molecule has 7 heteroatoms. The van der Waals surface area contributed by atoms with Crippen molar-refractivity contribution in [3.8, 4) is 0 Å². The van der Waals surface area contributed by atoms with E-state index in [-0.39, 0.29) is 13.2 Å². The van der Waals surface area contributed by atoms with Crippen LogP contribution in [0, 0.1) is 5.41 Å². The second-order valence-electron chi connectivity index (χ2n) is 6.45. The van der Waals surface area contributed by atoms with Crippen LogP contribution in [0.4, 0.5) is 0 Å². The molecule has 1 aliphatic rings. The van der Waals surface area contributed by atoms with Gasteiger partial charge in [0.1, 0.15) is 19.3 Å². The van der Waals surface area contributed by atoms with Crippen molar-refractivity contribution in [3.05, 3.63) is 25.3 Å². The van der Waals surface area contributed by atoms with E-state index in [4.69, 9.17) is 9.47 Å². The van der Waals surface area contributed by atoms with Gasteiger partial charge in [-0.15, -0.1) is 0 Å². The fraction of sp³-hybridized carbons (Fsp3) is 0.556. The van der Waals surface area contributed by atoms with Crippen LogP contribution >= 0.6 is 0 Å². The van der Waals surface area contributed by atoms with E-state index in [0.717, 1.165) is 12.5 Å². The lowest BCUT2D eigenvalue weighted by atomic mass is 9.87. The Kier molecular flexibility index (Phi) is 7.54. The van der Waals surface area contributed by atoms with Gasteiger partial charge in [0.05, 0.1) is 5.41 Å². The van der Waals surface area contributed by atoms with Gasteiger partial charge in [-0.25, -0.2) is 9.59 Å². The van der Waals surface area contributed by atoms with Crippen LogP contribution in [0.1, 0.15) is 33.1 Å². The van der Waals surface area contributed by atoms with Gasteiger partial charge >= 0.3 is 11.9 Å². The first-order valence-electron chi connectivity index (χ1n) is 8.16. The number of Topliss-reactive ketones (excluding diaryl/α,β-unsaturated/α-hetero) is 1. The van der Waals surface area contributed by atoms with E-state index < -0.39 is 35.1 Å². The van der Waals surface area contributed by atoms with Crippen molar-refractivity contribution in [1.29, 1.82) is 0 Å². The Balaban J connectivity index is 2.84. The van der Waals surface area contributed by atoms with Crippen LogP contribution in [0.2, 0.25) is 0 Å². The number of esters is 2. The number of carbonyl (C=O) groups is 4. The topological polar surface area (TPSA) is 90.0 Å². The summed E-state index contributed by atoms with van der Waals surface area (Å²) in [6.45, 7) is 9.88. The number of hydrogen-bond donors (Lipinski definition) is 0. The number of carbonyl (C=O) groups excluding carboxylic acids is 4. The number of piperidine rings is 1. The summed E-state index contributed by atoms with van der Waals surface area (Å²) in [6.07, 6.45) is 4.34. The predicted octanol–water partition coefficient (Wildman–Crippen LogP) is 1.42. The zero-order valence-corrected chi connectivity index (χ0v) is 14.8. The normalized spacial score (nSPS) is 17.4. The van der Waals surface area contributed by atoms with Gasteiger partial charge < -0.3 is 14.4 Å². The second-order valence-corrected chi connectivity index (χ2v) is 6.45. The molecule has 0 aromatic heterocycles. The highest BCUT2D eigenvalue weighted by Crippen LogP contribution is 2.24.